The SMILES string of the molecule is O=C(O)CC(O)CC(O)CCNc1ccc2nc(-c3cc4c(F)cccc4[nH]c3=O)[nH]c2c1. The highest BCUT2D eigenvalue weighted by molar-refractivity contribution is 5.86. The van der Waals surface area contributed by atoms with Gasteiger partial charge in [0.2, 0.25) is 0 Å². The number of fused-ring (bicyclic) bond motifs is 2. The molecule has 0 fully saturated rings. The predicted molar refractivity (Wildman–Crippen MR) is 122 cm³/mol. The van der Waals surface area contributed by atoms with E-state index in [4.69, 9.17) is 5.11 Å². The Morgan fingerprint density at radius 3 is 2.70 bits per heavy atom. The normalized spacial score (nSPS) is 13.3. The van der Waals surface area contributed by atoms with Gasteiger partial charge in [-0.15, -0.1) is 0 Å². The third-order valence-electron chi connectivity index (χ3n) is 5.33. The molecule has 2 aromatic carbocycles. The lowest BCUT2D eigenvalue weighted by molar-refractivity contribution is -0.139. The molecule has 6 N–H and O–H groups in total. The Labute approximate surface area is 186 Å². The molecule has 0 saturated heterocycles. The fourth-order valence-electron chi connectivity index (χ4n) is 3.72. The topological polar surface area (TPSA) is 151 Å². The maximum absolute atomic E-state index is 14.2. The first-order valence-electron chi connectivity index (χ1n) is 10.4. The number of nitrogens with zero attached hydrogens (tertiary/aromatic N) is 1. The number of hydrogen-bond acceptors (Lipinski definition) is 6. The van der Waals surface area contributed by atoms with Crippen LogP contribution in [0.4, 0.5) is 10.1 Å². The molecule has 2 atom stereocenters. The highest BCUT2D eigenvalue weighted by atomic mass is 19.1. The van der Waals surface area contributed by atoms with Crippen molar-refractivity contribution < 1.29 is 24.5 Å². The minimum absolute atomic E-state index is 0.0160. The van der Waals surface area contributed by atoms with Crippen LogP contribution in [0.5, 0.6) is 0 Å². The quantitative estimate of drug-likeness (QED) is 0.227. The van der Waals surface area contributed by atoms with E-state index >= 15 is 0 Å². The number of hydrogen-bond donors (Lipinski definition) is 6. The third-order valence-corrected chi connectivity index (χ3v) is 5.33. The molecule has 33 heavy (non-hydrogen) atoms. The van der Waals surface area contributed by atoms with E-state index in [9.17, 15) is 24.2 Å². The van der Waals surface area contributed by atoms with Gasteiger partial charge in [-0.1, -0.05) is 6.07 Å². The first-order valence-corrected chi connectivity index (χ1v) is 10.4. The summed E-state index contributed by atoms with van der Waals surface area (Å²) in [4.78, 5) is 33.3. The van der Waals surface area contributed by atoms with E-state index in [1.807, 2.05) is 0 Å². The Morgan fingerprint density at radius 2 is 1.91 bits per heavy atom. The number of carbonyl (C=O) groups is 1. The molecule has 0 aliphatic heterocycles. The van der Waals surface area contributed by atoms with E-state index in [0.29, 0.717) is 40.7 Å². The molecule has 0 aliphatic rings. The second kappa shape index (κ2) is 9.39. The zero-order valence-corrected chi connectivity index (χ0v) is 17.5. The van der Waals surface area contributed by atoms with Gasteiger partial charge in [0.05, 0.1) is 40.7 Å². The summed E-state index contributed by atoms with van der Waals surface area (Å²) in [6, 6.07) is 11.3. The molecule has 2 aromatic heterocycles. The number of rotatable bonds is 9. The van der Waals surface area contributed by atoms with Crippen molar-refractivity contribution in [3.63, 3.8) is 0 Å². The number of imidazole rings is 1. The number of anilines is 1. The zero-order chi connectivity index (χ0) is 23.5. The van der Waals surface area contributed by atoms with Crippen LogP contribution in [0.2, 0.25) is 0 Å². The van der Waals surface area contributed by atoms with E-state index in [0.717, 1.165) is 5.69 Å². The summed E-state index contributed by atoms with van der Waals surface area (Å²) in [6.07, 6.45) is -2.03. The Hall–Kier alpha value is -3.76. The van der Waals surface area contributed by atoms with Crippen LogP contribution < -0.4 is 10.9 Å². The maximum atomic E-state index is 14.2. The standard InChI is InChI=1S/C23H23FN4O5/c24-17-2-1-3-18-15(17)11-16(23(33)28-18)22-26-19-5-4-12(8-20(19)27-22)25-7-6-13(29)9-14(30)10-21(31)32/h1-5,8,11,13-14,25,29-30H,6-7,9-10H2,(H,26,27)(H,28,33)(H,31,32). The molecule has 9 nitrogen and oxygen atoms in total. The van der Waals surface area contributed by atoms with Crippen LogP contribution in [0.15, 0.2) is 47.3 Å². The third kappa shape index (κ3) is 5.18. The van der Waals surface area contributed by atoms with Crippen molar-refractivity contribution in [3.05, 3.63) is 58.6 Å². The molecular formula is C23H23FN4O5. The average molecular weight is 454 g/mol. The lowest BCUT2D eigenvalue weighted by atomic mass is 10.1. The minimum Gasteiger partial charge on any atom is -0.481 e. The number of aliphatic hydroxyl groups is 2. The lowest BCUT2D eigenvalue weighted by Crippen LogP contribution is -2.22. The molecule has 0 saturated carbocycles. The monoisotopic (exact) mass is 454 g/mol. The van der Waals surface area contributed by atoms with Crippen LogP contribution >= 0.6 is 0 Å². The highest BCUT2D eigenvalue weighted by Crippen LogP contribution is 2.24. The summed E-state index contributed by atoms with van der Waals surface area (Å²) >= 11 is 0. The zero-order valence-electron chi connectivity index (χ0n) is 17.5. The molecule has 172 valence electrons. The average Bonchev–Trinajstić information content (AvgIpc) is 3.16. The number of carboxylic acids is 1. The maximum Gasteiger partial charge on any atom is 0.305 e. The fraction of sp³-hybridized carbons (Fsp3) is 0.261. The van der Waals surface area contributed by atoms with Gasteiger partial charge in [-0.3, -0.25) is 9.59 Å². The van der Waals surface area contributed by atoms with Crippen molar-refractivity contribution in [2.75, 3.05) is 11.9 Å². The van der Waals surface area contributed by atoms with Gasteiger partial charge >= 0.3 is 5.97 Å². The molecular weight excluding hydrogens is 431 g/mol. The summed E-state index contributed by atoms with van der Waals surface area (Å²) in [5.74, 6) is -1.24. The van der Waals surface area contributed by atoms with Crippen LogP contribution in [0.3, 0.4) is 0 Å². The van der Waals surface area contributed by atoms with Crippen molar-refractivity contribution in [1.29, 1.82) is 0 Å². The lowest BCUT2D eigenvalue weighted by Gasteiger charge is -2.15. The molecule has 0 amide bonds. The number of aliphatic carboxylic acids is 1. The van der Waals surface area contributed by atoms with Crippen molar-refractivity contribution in [1.82, 2.24) is 15.0 Å². The van der Waals surface area contributed by atoms with Crippen molar-refractivity contribution in [3.8, 4) is 11.4 Å². The Kier molecular flexibility index (Phi) is 6.38. The van der Waals surface area contributed by atoms with Gasteiger partial charge < -0.3 is 30.6 Å². The second-order valence-corrected chi connectivity index (χ2v) is 7.89. The van der Waals surface area contributed by atoms with Gasteiger partial charge in [0.25, 0.3) is 5.56 Å². The summed E-state index contributed by atoms with van der Waals surface area (Å²) in [5.41, 5.74) is 2.28. The van der Waals surface area contributed by atoms with Gasteiger partial charge in [0.15, 0.2) is 0 Å². The van der Waals surface area contributed by atoms with E-state index < -0.39 is 30.4 Å². The van der Waals surface area contributed by atoms with Gasteiger partial charge in [0, 0.05) is 17.6 Å². The van der Waals surface area contributed by atoms with Crippen molar-refractivity contribution >= 4 is 33.6 Å². The van der Waals surface area contributed by atoms with Crippen LogP contribution in [0.25, 0.3) is 33.3 Å². The van der Waals surface area contributed by atoms with E-state index in [1.54, 1.807) is 24.3 Å². The molecule has 4 rings (SSSR count). The molecule has 0 radical (unpaired) electrons. The number of carboxylic acid groups (broad SMARTS) is 1. The van der Waals surface area contributed by atoms with E-state index in [1.165, 1.54) is 18.2 Å². The van der Waals surface area contributed by atoms with E-state index in [2.05, 4.69) is 20.3 Å². The summed E-state index contributed by atoms with van der Waals surface area (Å²) < 4.78 is 14.2. The summed E-state index contributed by atoms with van der Waals surface area (Å²) in [6.45, 7) is 0.400. The molecule has 0 aliphatic carbocycles. The van der Waals surface area contributed by atoms with E-state index in [-0.39, 0.29) is 17.5 Å². The molecule has 2 unspecified atom stereocenters. The Balaban J connectivity index is 1.47. The van der Waals surface area contributed by atoms with Gasteiger partial charge in [-0.05, 0) is 49.2 Å². The molecule has 2 heterocycles. The van der Waals surface area contributed by atoms with Gasteiger partial charge in [-0.2, -0.15) is 0 Å². The molecule has 0 bridgehead atoms. The minimum atomic E-state index is -1.11. The number of pyridine rings is 1. The van der Waals surface area contributed by atoms with Gasteiger partial charge in [-0.25, -0.2) is 9.37 Å². The van der Waals surface area contributed by atoms with Crippen molar-refractivity contribution in [2.45, 2.75) is 31.5 Å². The number of aromatic amines is 2. The van der Waals surface area contributed by atoms with Crippen molar-refractivity contribution in [2.24, 2.45) is 0 Å². The highest BCUT2D eigenvalue weighted by Gasteiger charge is 2.15. The smallest absolute Gasteiger partial charge is 0.305 e. The first-order chi connectivity index (χ1) is 15.8. The fourth-order valence-corrected chi connectivity index (χ4v) is 3.72. The molecule has 4 aromatic rings. The Morgan fingerprint density at radius 1 is 1.09 bits per heavy atom. The summed E-state index contributed by atoms with van der Waals surface area (Å²) in [5, 5.41) is 31.7. The largest absolute Gasteiger partial charge is 0.481 e. The van der Waals surface area contributed by atoms with Crippen LogP contribution in [0, 0.1) is 5.82 Å². The predicted octanol–water partition coefficient (Wildman–Crippen LogP) is 2.60. The summed E-state index contributed by atoms with van der Waals surface area (Å²) in [7, 11) is 0. The number of H-pyrrole nitrogens is 2. The number of aromatic nitrogens is 3. The number of halogens is 1. The second-order valence-electron chi connectivity index (χ2n) is 7.89. The first kappa shape index (κ1) is 22.4. The number of aliphatic hydroxyl groups excluding tert-OH is 2. The number of nitrogens with one attached hydrogen (secondary N) is 3. The van der Waals surface area contributed by atoms with Crippen LogP contribution in [-0.2, 0) is 4.79 Å². The van der Waals surface area contributed by atoms with Crippen LogP contribution in [-0.4, -0.2) is 55.0 Å². The molecule has 0 spiro atoms. The number of benzene rings is 2. The Bertz CT molecular complexity index is 1370. The van der Waals surface area contributed by atoms with Crippen LogP contribution in [0.1, 0.15) is 19.3 Å². The van der Waals surface area contributed by atoms with Gasteiger partial charge in [0.1, 0.15) is 11.6 Å². The molecule has 10 heteroatoms.